The second-order valence-corrected chi connectivity index (χ2v) is 5.80. The fourth-order valence-corrected chi connectivity index (χ4v) is 1.85. The van der Waals surface area contributed by atoms with Crippen LogP contribution in [0.2, 0.25) is 0 Å². The Kier molecular flexibility index (Phi) is 4.22. The highest BCUT2D eigenvalue weighted by atomic mass is 16.6. The van der Waals surface area contributed by atoms with Crippen molar-refractivity contribution in [1.82, 2.24) is 4.90 Å². The highest BCUT2D eigenvalue weighted by Gasteiger charge is 2.44. The van der Waals surface area contributed by atoms with Crippen molar-refractivity contribution in [3.63, 3.8) is 0 Å². The first-order valence-corrected chi connectivity index (χ1v) is 6.13. The van der Waals surface area contributed by atoms with Crippen LogP contribution in [0.15, 0.2) is 24.8 Å². The van der Waals surface area contributed by atoms with Gasteiger partial charge in [-0.15, -0.1) is 0 Å². The van der Waals surface area contributed by atoms with Gasteiger partial charge in [-0.1, -0.05) is 24.8 Å². The quantitative estimate of drug-likeness (QED) is 0.710. The van der Waals surface area contributed by atoms with E-state index in [9.17, 15) is 4.79 Å². The van der Waals surface area contributed by atoms with Crippen LogP contribution in [0.4, 0.5) is 4.79 Å². The number of ether oxygens (including phenoxy) is 2. The molecule has 1 rings (SSSR count). The lowest BCUT2D eigenvalue weighted by Gasteiger charge is -2.34. The van der Waals surface area contributed by atoms with Gasteiger partial charge in [-0.3, -0.25) is 4.90 Å². The predicted molar refractivity (Wildman–Crippen MR) is 71.2 cm³/mol. The second kappa shape index (κ2) is 5.14. The molecule has 4 nitrogen and oxygen atoms in total. The third-order valence-corrected chi connectivity index (χ3v) is 2.58. The molecule has 0 spiro atoms. The molecule has 1 aliphatic heterocycles. The highest BCUT2D eigenvalue weighted by molar-refractivity contribution is 5.70. The zero-order valence-electron chi connectivity index (χ0n) is 11.9. The maximum absolute atomic E-state index is 12.2. The number of carbonyl (C=O) groups is 1. The molecule has 0 N–H and O–H groups in total. The number of allylic oxidation sites excluding steroid dienone is 2. The SMILES string of the molecule is C=C/C=C/[C@@H]1COC(C)(C)N1C(=O)OC(C)(C)C. The summed E-state index contributed by atoms with van der Waals surface area (Å²) in [5.41, 5.74) is -1.17. The van der Waals surface area contributed by atoms with E-state index in [2.05, 4.69) is 6.58 Å². The van der Waals surface area contributed by atoms with E-state index in [1.54, 1.807) is 11.0 Å². The van der Waals surface area contributed by atoms with Crippen molar-refractivity contribution in [2.24, 2.45) is 0 Å². The van der Waals surface area contributed by atoms with Crippen LogP contribution in [0.3, 0.4) is 0 Å². The Morgan fingerprint density at radius 1 is 1.50 bits per heavy atom. The fourth-order valence-electron chi connectivity index (χ4n) is 1.85. The average Bonchev–Trinajstić information content (AvgIpc) is 2.48. The van der Waals surface area contributed by atoms with Gasteiger partial charge in [0, 0.05) is 0 Å². The molecule has 4 heteroatoms. The molecule has 0 aromatic heterocycles. The number of amides is 1. The molecule has 1 aliphatic rings. The molecule has 0 saturated carbocycles. The van der Waals surface area contributed by atoms with Crippen molar-refractivity contribution < 1.29 is 14.3 Å². The maximum Gasteiger partial charge on any atom is 0.413 e. The fraction of sp³-hybridized carbons (Fsp3) is 0.643. The summed E-state index contributed by atoms with van der Waals surface area (Å²) in [7, 11) is 0. The van der Waals surface area contributed by atoms with Crippen LogP contribution in [-0.2, 0) is 9.47 Å². The third-order valence-electron chi connectivity index (χ3n) is 2.58. The molecule has 18 heavy (non-hydrogen) atoms. The summed E-state index contributed by atoms with van der Waals surface area (Å²) in [4.78, 5) is 13.8. The lowest BCUT2D eigenvalue weighted by molar-refractivity contribution is -0.0610. The molecule has 1 amide bonds. The van der Waals surface area contributed by atoms with Crippen molar-refractivity contribution in [3.05, 3.63) is 24.8 Å². The van der Waals surface area contributed by atoms with Crippen molar-refractivity contribution in [2.45, 2.75) is 52.0 Å². The minimum absolute atomic E-state index is 0.118. The van der Waals surface area contributed by atoms with Crippen LogP contribution >= 0.6 is 0 Å². The first-order chi connectivity index (χ1) is 8.17. The van der Waals surface area contributed by atoms with E-state index in [0.29, 0.717) is 6.61 Å². The molecular formula is C14H23NO3. The van der Waals surface area contributed by atoms with Gasteiger partial charge < -0.3 is 9.47 Å². The van der Waals surface area contributed by atoms with Gasteiger partial charge in [0.2, 0.25) is 0 Å². The number of rotatable bonds is 2. The van der Waals surface area contributed by atoms with Crippen molar-refractivity contribution >= 4 is 6.09 Å². The third kappa shape index (κ3) is 3.60. The van der Waals surface area contributed by atoms with E-state index in [1.807, 2.05) is 46.8 Å². The Labute approximate surface area is 109 Å². The largest absolute Gasteiger partial charge is 0.444 e. The van der Waals surface area contributed by atoms with Crippen LogP contribution in [-0.4, -0.2) is 35.0 Å². The van der Waals surface area contributed by atoms with E-state index in [0.717, 1.165) is 0 Å². The van der Waals surface area contributed by atoms with E-state index in [4.69, 9.17) is 9.47 Å². The molecule has 1 heterocycles. The van der Waals surface area contributed by atoms with Gasteiger partial charge in [0.1, 0.15) is 11.3 Å². The summed E-state index contributed by atoms with van der Waals surface area (Å²) in [6.45, 7) is 13.4. The van der Waals surface area contributed by atoms with Gasteiger partial charge in [-0.05, 0) is 34.6 Å². The molecule has 102 valence electrons. The molecular weight excluding hydrogens is 230 g/mol. The van der Waals surface area contributed by atoms with Crippen LogP contribution in [0.1, 0.15) is 34.6 Å². The normalized spacial score (nSPS) is 23.4. The van der Waals surface area contributed by atoms with Crippen LogP contribution in [0.5, 0.6) is 0 Å². The molecule has 0 aliphatic carbocycles. The second-order valence-electron chi connectivity index (χ2n) is 5.80. The Morgan fingerprint density at radius 3 is 2.61 bits per heavy atom. The van der Waals surface area contributed by atoms with Gasteiger partial charge in [0.05, 0.1) is 12.6 Å². The number of carbonyl (C=O) groups excluding carboxylic acids is 1. The standard InChI is InChI=1S/C14H23NO3/c1-7-8-9-11-10-17-14(5,6)15(11)12(16)18-13(2,3)4/h7-9,11H,1,10H2,2-6H3/b9-8+/t11-/m1/s1. The Bertz CT molecular complexity index is 353. The summed E-state index contributed by atoms with van der Waals surface area (Å²) in [6.07, 6.45) is 5.03. The lowest BCUT2D eigenvalue weighted by atomic mass is 10.2. The van der Waals surface area contributed by atoms with Gasteiger partial charge in [-0.25, -0.2) is 4.79 Å². The summed E-state index contributed by atoms with van der Waals surface area (Å²) >= 11 is 0. The zero-order chi connectivity index (χ0) is 14.0. The van der Waals surface area contributed by atoms with Crippen LogP contribution in [0, 0.1) is 0 Å². The van der Waals surface area contributed by atoms with Crippen molar-refractivity contribution in [1.29, 1.82) is 0 Å². The van der Waals surface area contributed by atoms with Gasteiger partial charge in [0.25, 0.3) is 0 Å². The summed E-state index contributed by atoms with van der Waals surface area (Å²) < 4.78 is 11.1. The summed E-state index contributed by atoms with van der Waals surface area (Å²) in [5, 5.41) is 0. The number of nitrogens with zero attached hydrogens (tertiary/aromatic N) is 1. The highest BCUT2D eigenvalue weighted by Crippen LogP contribution is 2.29. The van der Waals surface area contributed by atoms with Gasteiger partial charge in [0.15, 0.2) is 0 Å². The minimum atomic E-state index is -0.654. The van der Waals surface area contributed by atoms with Crippen molar-refractivity contribution in [3.8, 4) is 0 Å². The van der Waals surface area contributed by atoms with E-state index < -0.39 is 11.3 Å². The molecule has 1 saturated heterocycles. The number of hydrogen-bond donors (Lipinski definition) is 0. The molecule has 1 atom stereocenters. The first-order valence-electron chi connectivity index (χ1n) is 6.13. The minimum Gasteiger partial charge on any atom is -0.444 e. The first kappa shape index (κ1) is 14.8. The van der Waals surface area contributed by atoms with E-state index in [1.165, 1.54) is 0 Å². The van der Waals surface area contributed by atoms with Gasteiger partial charge in [-0.2, -0.15) is 0 Å². The lowest BCUT2D eigenvalue weighted by Crippen LogP contribution is -2.49. The summed E-state index contributed by atoms with van der Waals surface area (Å²) in [6, 6.07) is -0.118. The number of hydrogen-bond acceptors (Lipinski definition) is 3. The topological polar surface area (TPSA) is 38.8 Å². The Balaban J connectivity index is 2.88. The van der Waals surface area contributed by atoms with Gasteiger partial charge >= 0.3 is 6.09 Å². The van der Waals surface area contributed by atoms with Crippen molar-refractivity contribution in [2.75, 3.05) is 6.61 Å². The molecule has 0 aromatic carbocycles. The predicted octanol–water partition coefficient (Wildman–Crippen LogP) is 3.10. The summed E-state index contributed by atoms with van der Waals surface area (Å²) in [5.74, 6) is 0. The Hall–Kier alpha value is -1.29. The molecule has 0 radical (unpaired) electrons. The molecule has 0 aromatic rings. The van der Waals surface area contributed by atoms with Crippen LogP contribution in [0.25, 0.3) is 0 Å². The van der Waals surface area contributed by atoms with E-state index >= 15 is 0 Å². The van der Waals surface area contributed by atoms with E-state index in [-0.39, 0.29) is 12.1 Å². The molecule has 1 fully saturated rings. The molecule has 0 bridgehead atoms. The monoisotopic (exact) mass is 253 g/mol. The molecule has 0 unspecified atom stereocenters. The zero-order valence-corrected chi connectivity index (χ0v) is 11.9. The van der Waals surface area contributed by atoms with Crippen LogP contribution < -0.4 is 0 Å². The Morgan fingerprint density at radius 2 is 2.11 bits per heavy atom. The smallest absolute Gasteiger partial charge is 0.413 e. The maximum atomic E-state index is 12.2. The average molecular weight is 253 g/mol.